The lowest BCUT2D eigenvalue weighted by molar-refractivity contribution is -0.142. The molecular weight excluding hydrogens is 174 g/mol. The van der Waals surface area contributed by atoms with Crippen LogP contribution in [0.5, 0.6) is 0 Å². The Kier molecular flexibility index (Phi) is 2.89. The van der Waals surface area contributed by atoms with E-state index in [2.05, 4.69) is 14.8 Å². The van der Waals surface area contributed by atoms with Gasteiger partial charge in [0.05, 0.1) is 19.8 Å². The molecule has 0 aromatic rings. The lowest BCUT2D eigenvalue weighted by atomic mass is 10.1. The summed E-state index contributed by atoms with van der Waals surface area (Å²) in [6.07, 6.45) is 1.80. The lowest BCUT2D eigenvalue weighted by Gasteiger charge is -2.07. The highest BCUT2D eigenvalue weighted by molar-refractivity contribution is 5.91. The zero-order chi connectivity index (χ0) is 9.84. The monoisotopic (exact) mass is 185 g/mol. The van der Waals surface area contributed by atoms with E-state index in [1.165, 1.54) is 20.4 Å². The van der Waals surface area contributed by atoms with E-state index in [1.54, 1.807) is 0 Å². The average Bonchev–Trinajstić information content (AvgIpc) is 2.64. The number of carbonyl (C=O) groups is 2. The van der Waals surface area contributed by atoms with Crippen LogP contribution in [0, 0.1) is 0 Å². The summed E-state index contributed by atoms with van der Waals surface area (Å²) in [4.78, 5) is 22.0. The van der Waals surface area contributed by atoms with Gasteiger partial charge in [-0.15, -0.1) is 0 Å². The molecule has 1 aliphatic rings. The predicted octanol–water partition coefficient (Wildman–Crippen LogP) is -0.422. The first-order valence-electron chi connectivity index (χ1n) is 3.80. The van der Waals surface area contributed by atoms with E-state index in [-0.39, 0.29) is 5.97 Å². The fraction of sp³-hybridized carbons (Fsp3) is 0.500. The van der Waals surface area contributed by atoms with Crippen molar-refractivity contribution in [1.29, 1.82) is 0 Å². The van der Waals surface area contributed by atoms with Crippen LogP contribution in [0.1, 0.15) is 6.42 Å². The second-order valence-electron chi connectivity index (χ2n) is 2.61. The molecular formula is C8H11NO4. The number of methoxy groups -OCH3 is 2. The highest BCUT2D eigenvalue weighted by Crippen LogP contribution is 2.14. The van der Waals surface area contributed by atoms with Gasteiger partial charge in [0, 0.05) is 12.6 Å². The van der Waals surface area contributed by atoms with E-state index in [9.17, 15) is 9.59 Å². The van der Waals surface area contributed by atoms with Gasteiger partial charge in [-0.2, -0.15) is 0 Å². The molecule has 5 heteroatoms. The fourth-order valence-corrected chi connectivity index (χ4v) is 1.11. The molecule has 1 unspecified atom stereocenters. The van der Waals surface area contributed by atoms with Crippen LogP contribution in [0.15, 0.2) is 11.8 Å². The van der Waals surface area contributed by atoms with Gasteiger partial charge in [0.15, 0.2) is 0 Å². The summed E-state index contributed by atoms with van der Waals surface area (Å²) in [7, 11) is 2.61. The summed E-state index contributed by atoms with van der Waals surface area (Å²) in [6, 6.07) is -0.459. The van der Waals surface area contributed by atoms with Crippen molar-refractivity contribution < 1.29 is 19.1 Å². The van der Waals surface area contributed by atoms with Crippen molar-refractivity contribution in [3.05, 3.63) is 11.8 Å². The molecule has 1 N–H and O–H groups in total. The second kappa shape index (κ2) is 3.93. The summed E-state index contributed by atoms with van der Waals surface area (Å²) in [6.45, 7) is 0. The number of hydrogen-bond donors (Lipinski definition) is 1. The van der Waals surface area contributed by atoms with E-state index in [0.29, 0.717) is 12.0 Å². The molecule has 13 heavy (non-hydrogen) atoms. The van der Waals surface area contributed by atoms with Crippen molar-refractivity contribution in [1.82, 2.24) is 5.32 Å². The molecule has 0 bridgehead atoms. The number of ether oxygens (including phenoxy) is 2. The summed E-state index contributed by atoms with van der Waals surface area (Å²) in [5.74, 6) is -0.797. The standard InChI is InChI=1S/C8H11NO4/c1-12-7(10)5-3-6(9-4-5)8(11)13-2/h4,6,9H,3H2,1-2H3. The number of nitrogens with one attached hydrogen (secondary N) is 1. The minimum atomic E-state index is -0.459. The van der Waals surface area contributed by atoms with Crippen LogP contribution >= 0.6 is 0 Å². The molecule has 0 aromatic heterocycles. The molecule has 0 fully saturated rings. The molecule has 0 spiro atoms. The third-order valence-corrected chi connectivity index (χ3v) is 1.82. The Hall–Kier alpha value is -1.52. The van der Waals surface area contributed by atoms with E-state index in [0.717, 1.165) is 0 Å². The van der Waals surface area contributed by atoms with Crippen molar-refractivity contribution in [3.8, 4) is 0 Å². The smallest absolute Gasteiger partial charge is 0.335 e. The molecule has 0 saturated heterocycles. The van der Waals surface area contributed by atoms with Gasteiger partial charge in [-0.3, -0.25) is 0 Å². The number of esters is 2. The van der Waals surface area contributed by atoms with Crippen LogP contribution in [0.25, 0.3) is 0 Å². The van der Waals surface area contributed by atoms with Crippen molar-refractivity contribution in [3.63, 3.8) is 0 Å². The topological polar surface area (TPSA) is 64.6 Å². The molecule has 1 heterocycles. The maximum atomic E-state index is 11.0. The Morgan fingerprint density at radius 1 is 1.46 bits per heavy atom. The van der Waals surface area contributed by atoms with Gasteiger partial charge in [-0.1, -0.05) is 0 Å². The molecule has 0 aliphatic carbocycles. The van der Waals surface area contributed by atoms with Crippen LogP contribution in [0.3, 0.4) is 0 Å². The van der Waals surface area contributed by atoms with E-state index < -0.39 is 12.0 Å². The third kappa shape index (κ3) is 1.99. The molecule has 1 aliphatic heterocycles. The van der Waals surface area contributed by atoms with Gasteiger partial charge < -0.3 is 14.8 Å². The minimum Gasteiger partial charge on any atom is -0.467 e. The molecule has 1 rings (SSSR count). The van der Waals surface area contributed by atoms with Crippen molar-refractivity contribution >= 4 is 11.9 Å². The first-order valence-corrected chi connectivity index (χ1v) is 3.80. The Balaban J connectivity index is 2.51. The van der Waals surface area contributed by atoms with Crippen LogP contribution in [-0.2, 0) is 19.1 Å². The largest absolute Gasteiger partial charge is 0.467 e. The van der Waals surface area contributed by atoms with Gasteiger partial charge in [-0.25, -0.2) is 9.59 Å². The zero-order valence-electron chi connectivity index (χ0n) is 7.49. The molecule has 0 radical (unpaired) electrons. The normalized spacial score (nSPS) is 20.2. The van der Waals surface area contributed by atoms with Gasteiger partial charge in [0.25, 0.3) is 0 Å². The lowest BCUT2D eigenvalue weighted by Crippen LogP contribution is -2.30. The third-order valence-electron chi connectivity index (χ3n) is 1.82. The fourth-order valence-electron chi connectivity index (χ4n) is 1.11. The maximum absolute atomic E-state index is 11.0. The van der Waals surface area contributed by atoms with E-state index >= 15 is 0 Å². The molecule has 5 nitrogen and oxygen atoms in total. The molecule has 0 saturated carbocycles. The van der Waals surface area contributed by atoms with Crippen molar-refractivity contribution in [2.45, 2.75) is 12.5 Å². The van der Waals surface area contributed by atoms with Gasteiger partial charge in [-0.05, 0) is 0 Å². The highest BCUT2D eigenvalue weighted by Gasteiger charge is 2.27. The summed E-state index contributed by atoms with van der Waals surface area (Å²) in [5.41, 5.74) is 0.456. The highest BCUT2D eigenvalue weighted by atomic mass is 16.5. The van der Waals surface area contributed by atoms with Crippen molar-refractivity contribution in [2.24, 2.45) is 0 Å². The molecule has 0 amide bonds. The first-order chi connectivity index (χ1) is 6.19. The van der Waals surface area contributed by atoms with Crippen LogP contribution in [0.4, 0.5) is 0 Å². The van der Waals surface area contributed by atoms with E-state index in [1.807, 2.05) is 0 Å². The Morgan fingerprint density at radius 3 is 2.69 bits per heavy atom. The summed E-state index contributed by atoms with van der Waals surface area (Å²) < 4.78 is 9.01. The van der Waals surface area contributed by atoms with Crippen LogP contribution in [-0.4, -0.2) is 32.2 Å². The quantitative estimate of drug-likeness (QED) is 0.592. The Bertz CT molecular complexity index is 259. The van der Waals surface area contributed by atoms with Crippen LogP contribution < -0.4 is 5.32 Å². The van der Waals surface area contributed by atoms with Crippen LogP contribution in [0.2, 0.25) is 0 Å². The number of carbonyl (C=O) groups excluding carboxylic acids is 2. The van der Waals surface area contributed by atoms with Gasteiger partial charge >= 0.3 is 11.9 Å². The summed E-state index contributed by atoms with van der Waals surface area (Å²) >= 11 is 0. The molecule has 1 atom stereocenters. The van der Waals surface area contributed by atoms with Gasteiger partial charge in [0.2, 0.25) is 0 Å². The molecule has 0 aromatic carbocycles. The SMILES string of the molecule is COC(=O)C1=CNC(C(=O)OC)C1. The predicted molar refractivity (Wildman–Crippen MR) is 43.7 cm³/mol. The van der Waals surface area contributed by atoms with Crippen molar-refractivity contribution in [2.75, 3.05) is 14.2 Å². The zero-order valence-corrected chi connectivity index (χ0v) is 7.49. The van der Waals surface area contributed by atoms with Gasteiger partial charge in [0.1, 0.15) is 6.04 Å². The molecule has 72 valence electrons. The second-order valence-corrected chi connectivity index (χ2v) is 2.61. The Morgan fingerprint density at radius 2 is 2.15 bits per heavy atom. The number of rotatable bonds is 2. The Labute approximate surface area is 75.7 Å². The average molecular weight is 185 g/mol. The maximum Gasteiger partial charge on any atom is 0.335 e. The van der Waals surface area contributed by atoms with E-state index in [4.69, 9.17) is 0 Å². The minimum absolute atomic E-state index is 0.319. The summed E-state index contributed by atoms with van der Waals surface area (Å²) in [5, 5.41) is 2.74. The first kappa shape index (κ1) is 9.57. The number of hydrogen-bond acceptors (Lipinski definition) is 5.